The molecule has 2 aromatic heterocycles. The van der Waals surface area contributed by atoms with Crippen molar-refractivity contribution < 1.29 is 18.4 Å². The summed E-state index contributed by atoms with van der Waals surface area (Å²) in [6.45, 7) is 1.36. The first-order valence-electron chi connectivity index (χ1n) is 13.1. The van der Waals surface area contributed by atoms with E-state index in [2.05, 4.69) is 15.3 Å². The van der Waals surface area contributed by atoms with E-state index in [-0.39, 0.29) is 17.7 Å². The van der Waals surface area contributed by atoms with Crippen LogP contribution in [-0.4, -0.2) is 39.8 Å². The van der Waals surface area contributed by atoms with Crippen molar-refractivity contribution in [3.63, 3.8) is 0 Å². The summed E-state index contributed by atoms with van der Waals surface area (Å²) in [6.07, 6.45) is 7.88. The summed E-state index contributed by atoms with van der Waals surface area (Å²) in [5.74, 6) is -1.04. The van der Waals surface area contributed by atoms with Gasteiger partial charge in [-0.2, -0.15) is 0 Å². The number of carbonyl (C=O) groups excluding carboxylic acids is 2. The van der Waals surface area contributed by atoms with Gasteiger partial charge < -0.3 is 15.2 Å². The van der Waals surface area contributed by atoms with Crippen molar-refractivity contribution in [3.8, 4) is 11.1 Å². The molecule has 194 valence electrons. The van der Waals surface area contributed by atoms with E-state index >= 15 is 0 Å². The third kappa shape index (κ3) is 4.78. The smallest absolute Gasteiger partial charge is 0.253 e. The van der Waals surface area contributed by atoms with Crippen molar-refractivity contribution in [3.05, 3.63) is 83.7 Å². The van der Waals surface area contributed by atoms with Crippen molar-refractivity contribution >= 4 is 28.5 Å². The van der Waals surface area contributed by atoms with Crippen LogP contribution in [0.4, 0.5) is 14.5 Å². The zero-order chi connectivity index (χ0) is 26.2. The average Bonchev–Trinajstić information content (AvgIpc) is 3.41. The fraction of sp³-hybridized carbons (Fsp3) is 0.300. The van der Waals surface area contributed by atoms with Crippen LogP contribution in [0.3, 0.4) is 0 Å². The van der Waals surface area contributed by atoms with E-state index in [1.807, 2.05) is 17.2 Å². The van der Waals surface area contributed by atoms with Crippen molar-refractivity contribution in [2.24, 2.45) is 11.8 Å². The molecule has 0 saturated carbocycles. The number of likely N-dealkylation sites (tertiary alicyclic amines) is 1. The van der Waals surface area contributed by atoms with Crippen LogP contribution in [-0.2, 0) is 11.2 Å². The Balaban J connectivity index is 1.08. The highest BCUT2D eigenvalue weighted by Crippen LogP contribution is 2.34. The molecule has 0 bridgehead atoms. The summed E-state index contributed by atoms with van der Waals surface area (Å²) >= 11 is 0. The maximum atomic E-state index is 13.6. The lowest BCUT2D eigenvalue weighted by molar-refractivity contribution is -0.120. The van der Waals surface area contributed by atoms with Crippen LogP contribution in [0.25, 0.3) is 22.2 Å². The van der Waals surface area contributed by atoms with E-state index in [1.54, 1.807) is 30.5 Å². The van der Waals surface area contributed by atoms with Gasteiger partial charge in [-0.1, -0.05) is 12.1 Å². The molecule has 1 fully saturated rings. The van der Waals surface area contributed by atoms with Crippen LogP contribution >= 0.6 is 0 Å². The van der Waals surface area contributed by atoms with Crippen LogP contribution in [0.15, 0.2) is 60.9 Å². The number of H-pyrrole nitrogens is 1. The van der Waals surface area contributed by atoms with Gasteiger partial charge in [0, 0.05) is 42.2 Å². The summed E-state index contributed by atoms with van der Waals surface area (Å²) < 4.78 is 27.2. The normalized spacial score (nSPS) is 19.3. The van der Waals surface area contributed by atoms with Gasteiger partial charge in [0.2, 0.25) is 5.91 Å². The number of carbonyl (C=O) groups is 2. The summed E-state index contributed by atoms with van der Waals surface area (Å²) in [5, 5.41) is 4.08. The molecule has 2 N–H and O–H groups in total. The van der Waals surface area contributed by atoms with Gasteiger partial charge in [-0.25, -0.2) is 13.8 Å². The zero-order valence-electron chi connectivity index (χ0n) is 20.8. The van der Waals surface area contributed by atoms with Crippen LogP contribution in [0, 0.1) is 23.5 Å². The summed E-state index contributed by atoms with van der Waals surface area (Å²) in [5.41, 5.74) is 4.39. The molecule has 2 aromatic carbocycles. The molecule has 2 amide bonds. The standard InChI is InChI=1S/C30H28F2N4O2/c31-23-12-22(13-24(32)15-23)19-5-7-20(8-6-19)30(38)36-11-1-2-18(17-36)3-4-21-14-26-25-9-10-33-28(25)34-16-27(26)35-29(21)37/h5-10,12-13,15-16,18,21H,1-4,11,14,17H2,(H,33,34)(H,35,37)/t18-,21?/m0/s1. The van der Waals surface area contributed by atoms with Gasteiger partial charge in [-0.05, 0) is 85.0 Å². The number of fused-ring (bicyclic) bond motifs is 3. The first-order chi connectivity index (χ1) is 18.4. The number of nitrogens with zero attached hydrogens (tertiary/aromatic N) is 2. The third-order valence-corrected chi connectivity index (χ3v) is 7.83. The number of aromatic nitrogens is 2. The quantitative estimate of drug-likeness (QED) is 0.345. The molecule has 4 heterocycles. The highest BCUT2D eigenvalue weighted by atomic mass is 19.1. The van der Waals surface area contributed by atoms with Gasteiger partial charge in [0.05, 0.1) is 11.9 Å². The number of hydrogen-bond acceptors (Lipinski definition) is 3. The van der Waals surface area contributed by atoms with E-state index < -0.39 is 11.6 Å². The number of pyridine rings is 1. The van der Waals surface area contributed by atoms with Gasteiger partial charge in [0.25, 0.3) is 5.91 Å². The molecule has 2 aliphatic heterocycles. The topological polar surface area (TPSA) is 78.1 Å². The van der Waals surface area contributed by atoms with Gasteiger partial charge >= 0.3 is 0 Å². The molecule has 6 rings (SSSR count). The lowest BCUT2D eigenvalue weighted by atomic mass is 9.84. The lowest BCUT2D eigenvalue weighted by Crippen LogP contribution is -2.40. The van der Waals surface area contributed by atoms with E-state index in [1.165, 1.54) is 12.1 Å². The number of hydrogen-bond donors (Lipinski definition) is 2. The Labute approximate surface area is 219 Å². The number of halogens is 2. The molecular formula is C30H28F2N4O2. The molecule has 38 heavy (non-hydrogen) atoms. The molecule has 1 unspecified atom stereocenters. The number of anilines is 1. The van der Waals surface area contributed by atoms with E-state index in [0.29, 0.717) is 42.1 Å². The molecule has 8 heteroatoms. The van der Waals surface area contributed by atoms with E-state index in [0.717, 1.165) is 54.0 Å². The number of amides is 2. The first kappa shape index (κ1) is 24.3. The Morgan fingerprint density at radius 1 is 1.03 bits per heavy atom. The monoisotopic (exact) mass is 514 g/mol. The van der Waals surface area contributed by atoms with Crippen LogP contribution in [0.1, 0.15) is 41.6 Å². The Bertz CT molecular complexity index is 1490. The molecule has 2 aliphatic rings. The van der Waals surface area contributed by atoms with Crippen LogP contribution in [0.2, 0.25) is 0 Å². The number of rotatable bonds is 5. The van der Waals surface area contributed by atoms with Crippen molar-refractivity contribution in [2.45, 2.75) is 32.1 Å². The molecule has 0 spiro atoms. The maximum Gasteiger partial charge on any atom is 0.253 e. The fourth-order valence-corrected chi connectivity index (χ4v) is 5.83. The summed E-state index contributed by atoms with van der Waals surface area (Å²) in [6, 6.07) is 12.3. The second kappa shape index (κ2) is 10.0. The van der Waals surface area contributed by atoms with E-state index in [9.17, 15) is 18.4 Å². The lowest BCUT2D eigenvalue weighted by Gasteiger charge is -2.34. The van der Waals surface area contributed by atoms with Gasteiger partial charge in [0.1, 0.15) is 17.3 Å². The van der Waals surface area contributed by atoms with E-state index in [4.69, 9.17) is 0 Å². The van der Waals surface area contributed by atoms with Gasteiger partial charge in [-0.3, -0.25) is 9.59 Å². The number of benzene rings is 2. The highest BCUT2D eigenvalue weighted by Gasteiger charge is 2.30. The molecule has 0 aliphatic carbocycles. The Kier molecular flexibility index (Phi) is 6.39. The molecule has 1 saturated heterocycles. The first-order valence-corrected chi connectivity index (χ1v) is 13.1. The zero-order valence-corrected chi connectivity index (χ0v) is 20.8. The minimum atomic E-state index is -0.635. The second-order valence-corrected chi connectivity index (χ2v) is 10.4. The van der Waals surface area contributed by atoms with Gasteiger partial charge in [-0.15, -0.1) is 0 Å². The predicted molar refractivity (Wildman–Crippen MR) is 142 cm³/mol. The number of aromatic amines is 1. The molecule has 2 atom stereocenters. The minimum Gasteiger partial charge on any atom is -0.346 e. The van der Waals surface area contributed by atoms with Crippen LogP contribution < -0.4 is 5.32 Å². The fourth-order valence-electron chi connectivity index (χ4n) is 5.83. The van der Waals surface area contributed by atoms with Crippen molar-refractivity contribution in [1.29, 1.82) is 0 Å². The highest BCUT2D eigenvalue weighted by molar-refractivity contribution is 5.99. The summed E-state index contributed by atoms with van der Waals surface area (Å²) in [7, 11) is 0. The largest absolute Gasteiger partial charge is 0.346 e. The Morgan fingerprint density at radius 3 is 2.61 bits per heavy atom. The molecule has 0 radical (unpaired) electrons. The number of piperidine rings is 1. The molecular weight excluding hydrogens is 486 g/mol. The molecule has 6 nitrogen and oxygen atoms in total. The Morgan fingerprint density at radius 2 is 1.82 bits per heavy atom. The van der Waals surface area contributed by atoms with Crippen molar-refractivity contribution in [1.82, 2.24) is 14.9 Å². The SMILES string of the molecule is O=C1Nc2cnc3[nH]ccc3c2CC1CC[C@@H]1CCCN(C(=O)c2ccc(-c3cc(F)cc(F)c3)cc2)C1. The average molecular weight is 515 g/mol. The Hall–Kier alpha value is -4.07. The molecule has 4 aromatic rings. The maximum absolute atomic E-state index is 13.6. The second-order valence-electron chi connectivity index (χ2n) is 10.4. The third-order valence-electron chi connectivity index (χ3n) is 7.83. The van der Waals surface area contributed by atoms with Crippen LogP contribution in [0.5, 0.6) is 0 Å². The number of nitrogens with one attached hydrogen (secondary N) is 2. The summed E-state index contributed by atoms with van der Waals surface area (Å²) in [4.78, 5) is 35.4. The minimum absolute atomic E-state index is 0.0381. The van der Waals surface area contributed by atoms with Gasteiger partial charge in [0.15, 0.2) is 0 Å². The predicted octanol–water partition coefficient (Wildman–Crippen LogP) is 5.95. The van der Waals surface area contributed by atoms with Crippen molar-refractivity contribution in [2.75, 3.05) is 18.4 Å².